The first-order valence-corrected chi connectivity index (χ1v) is 9.76. The van der Waals surface area contributed by atoms with E-state index in [1.165, 1.54) is 24.0 Å². The molecule has 0 aliphatic heterocycles. The number of rotatable bonds is 4. The zero-order valence-electron chi connectivity index (χ0n) is 11.3. The van der Waals surface area contributed by atoms with E-state index in [9.17, 15) is 0 Å². The van der Waals surface area contributed by atoms with Crippen molar-refractivity contribution in [3.63, 3.8) is 0 Å². The third kappa shape index (κ3) is 4.64. The SMILES string of the molecule is CC=CC1=[C]([Hf+2][C]2=C(C=CC)C=CC2)CC=C1.[F-].[F-]. The maximum atomic E-state index is 2.32. The Kier molecular flexibility index (Phi) is 8.74. The fraction of sp³-hybridized carbons (Fsp3) is 0.250. The van der Waals surface area contributed by atoms with Crippen molar-refractivity contribution in [2.24, 2.45) is 0 Å². The van der Waals surface area contributed by atoms with Crippen LogP contribution in [0, 0.1) is 0 Å². The Morgan fingerprint density at radius 3 is 1.63 bits per heavy atom. The van der Waals surface area contributed by atoms with E-state index in [-0.39, 0.29) is 9.41 Å². The van der Waals surface area contributed by atoms with Crippen molar-refractivity contribution in [2.75, 3.05) is 0 Å². The summed E-state index contributed by atoms with van der Waals surface area (Å²) in [5.74, 6) is 0. The van der Waals surface area contributed by atoms with Gasteiger partial charge in [0.2, 0.25) is 0 Å². The van der Waals surface area contributed by atoms with Crippen molar-refractivity contribution in [3.05, 3.63) is 66.4 Å². The van der Waals surface area contributed by atoms with Crippen molar-refractivity contribution in [2.45, 2.75) is 26.7 Å². The molecule has 0 aromatic rings. The Hall–Kier alpha value is -0.830. The molecule has 0 aromatic carbocycles. The molecular weight excluding hydrogens is 409 g/mol. The number of allylic oxidation sites excluding steroid dienone is 12. The summed E-state index contributed by atoms with van der Waals surface area (Å²) in [6, 6.07) is 0. The Morgan fingerprint density at radius 1 is 0.842 bits per heavy atom. The van der Waals surface area contributed by atoms with Gasteiger partial charge in [0.1, 0.15) is 0 Å². The Labute approximate surface area is 125 Å². The van der Waals surface area contributed by atoms with E-state index in [0.717, 1.165) is 0 Å². The first-order chi connectivity index (χ1) is 8.35. The molecule has 2 aliphatic rings. The van der Waals surface area contributed by atoms with Crippen LogP contribution in [-0.4, -0.2) is 0 Å². The zero-order valence-corrected chi connectivity index (χ0v) is 14.9. The summed E-state index contributed by atoms with van der Waals surface area (Å²) in [6.45, 7) is 4.21. The van der Waals surface area contributed by atoms with Crippen LogP contribution in [0.2, 0.25) is 0 Å². The number of hydrogen-bond acceptors (Lipinski definition) is 0. The largest absolute Gasteiger partial charge is 1.00 e. The normalized spacial score (nSPS) is 17.4. The molecule has 0 N–H and O–H groups in total. The average Bonchev–Trinajstić information content (AvgIpc) is 2.92. The van der Waals surface area contributed by atoms with Crippen LogP contribution in [0.15, 0.2) is 66.4 Å². The summed E-state index contributed by atoms with van der Waals surface area (Å²) >= 11 is -0.785. The molecule has 0 saturated heterocycles. The molecule has 100 valence electrons. The molecule has 19 heavy (non-hydrogen) atoms. The fourth-order valence-corrected chi connectivity index (χ4v) is 7.27. The Morgan fingerprint density at radius 2 is 1.26 bits per heavy atom. The molecule has 0 fully saturated rings. The Balaban J connectivity index is 0.00000162. The predicted molar refractivity (Wildman–Crippen MR) is 71.2 cm³/mol. The van der Waals surface area contributed by atoms with Crippen LogP contribution < -0.4 is 9.41 Å². The molecule has 2 rings (SSSR count). The molecule has 0 bridgehead atoms. The average molecular weight is 427 g/mol. The molecule has 0 heterocycles. The van der Waals surface area contributed by atoms with Crippen LogP contribution in [-0.2, 0) is 22.9 Å². The van der Waals surface area contributed by atoms with Gasteiger partial charge in [-0.2, -0.15) is 0 Å². The molecular formula is C16H18F2Hf. The van der Waals surface area contributed by atoms with Crippen LogP contribution in [0.5, 0.6) is 0 Å². The Bertz CT molecular complexity index is 433. The number of halogens is 2. The second kappa shape index (κ2) is 9.13. The van der Waals surface area contributed by atoms with Gasteiger partial charge in [0.15, 0.2) is 0 Å². The molecule has 0 aromatic heterocycles. The van der Waals surface area contributed by atoms with E-state index in [1.807, 2.05) is 0 Å². The molecule has 0 nitrogen and oxygen atoms in total. The topological polar surface area (TPSA) is 0 Å². The van der Waals surface area contributed by atoms with Crippen molar-refractivity contribution >= 4 is 0 Å². The number of hydrogen-bond donors (Lipinski definition) is 0. The summed E-state index contributed by atoms with van der Waals surface area (Å²) in [5, 5.41) is 0. The van der Waals surface area contributed by atoms with Gasteiger partial charge in [0.05, 0.1) is 0 Å². The third-order valence-corrected chi connectivity index (χ3v) is 8.64. The van der Waals surface area contributed by atoms with Crippen LogP contribution in [0.1, 0.15) is 26.7 Å². The standard InChI is InChI=1S/2C8H9.2FH.Hf/c2*1-2-5-8-6-3-4-7-8;;;/h2*2-3,5-6H,4H2,1H3;2*1H;/q;;;;+2/p-2. The minimum Gasteiger partial charge on any atom is -1.00 e. The predicted octanol–water partition coefficient (Wildman–Crippen LogP) is -1.34. The summed E-state index contributed by atoms with van der Waals surface area (Å²) in [7, 11) is 0. The molecule has 3 heteroatoms. The maximum Gasteiger partial charge on any atom is -1.00 e. The van der Waals surface area contributed by atoms with E-state index >= 15 is 0 Å². The third-order valence-electron chi connectivity index (χ3n) is 2.93. The van der Waals surface area contributed by atoms with Gasteiger partial charge in [-0.1, -0.05) is 0 Å². The van der Waals surface area contributed by atoms with Gasteiger partial charge >= 0.3 is 116 Å². The smallest absolute Gasteiger partial charge is 1.00 e. The summed E-state index contributed by atoms with van der Waals surface area (Å²) in [5.41, 5.74) is 2.99. The van der Waals surface area contributed by atoms with Crippen LogP contribution in [0.25, 0.3) is 0 Å². The van der Waals surface area contributed by atoms with Gasteiger partial charge in [-0.15, -0.1) is 0 Å². The van der Waals surface area contributed by atoms with Crippen LogP contribution in [0.3, 0.4) is 0 Å². The fourth-order valence-electron chi connectivity index (χ4n) is 2.14. The van der Waals surface area contributed by atoms with Gasteiger partial charge in [-0.3, -0.25) is 0 Å². The quantitative estimate of drug-likeness (QED) is 0.488. The first kappa shape index (κ1) is 18.2. The van der Waals surface area contributed by atoms with E-state index in [2.05, 4.69) is 62.5 Å². The van der Waals surface area contributed by atoms with Crippen molar-refractivity contribution < 1.29 is 32.3 Å². The molecule has 0 unspecified atom stereocenters. The van der Waals surface area contributed by atoms with Gasteiger partial charge in [0.25, 0.3) is 0 Å². The monoisotopic (exact) mass is 428 g/mol. The molecule has 0 spiro atoms. The summed E-state index contributed by atoms with van der Waals surface area (Å²) in [4.78, 5) is 0. The van der Waals surface area contributed by atoms with Crippen molar-refractivity contribution in [3.8, 4) is 0 Å². The second-order valence-corrected chi connectivity index (χ2v) is 9.44. The molecule has 0 saturated carbocycles. The van der Waals surface area contributed by atoms with Gasteiger partial charge in [0, 0.05) is 0 Å². The summed E-state index contributed by atoms with van der Waals surface area (Å²) < 4.78 is 3.51. The van der Waals surface area contributed by atoms with Gasteiger partial charge < -0.3 is 9.41 Å². The van der Waals surface area contributed by atoms with Crippen LogP contribution in [0.4, 0.5) is 0 Å². The van der Waals surface area contributed by atoms with Crippen molar-refractivity contribution in [1.82, 2.24) is 0 Å². The van der Waals surface area contributed by atoms with Crippen molar-refractivity contribution in [1.29, 1.82) is 0 Å². The van der Waals surface area contributed by atoms with Crippen LogP contribution >= 0.6 is 0 Å². The van der Waals surface area contributed by atoms with Gasteiger partial charge in [-0.25, -0.2) is 0 Å². The van der Waals surface area contributed by atoms with Gasteiger partial charge in [-0.05, 0) is 0 Å². The first-order valence-electron chi connectivity index (χ1n) is 6.17. The van der Waals surface area contributed by atoms with E-state index in [0.29, 0.717) is 0 Å². The molecule has 2 aliphatic carbocycles. The molecule has 0 radical (unpaired) electrons. The second-order valence-electron chi connectivity index (χ2n) is 4.21. The minimum absolute atomic E-state index is 0. The molecule has 0 amide bonds. The van der Waals surface area contributed by atoms with E-state index < -0.39 is 22.9 Å². The minimum atomic E-state index is -0.785. The van der Waals surface area contributed by atoms with E-state index in [1.54, 1.807) is 6.66 Å². The zero-order chi connectivity index (χ0) is 12.1. The van der Waals surface area contributed by atoms with E-state index in [4.69, 9.17) is 0 Å². The maximum absolute atomic E-state index is 2.32. The molecule has 0 atom stereocenters. The summed E-state index contributed by atoms with van der Waals surface area (Å²) in [6.07, 6.45) is 20.5.